The summed E-state index contributed by atoms with van der Waals surface area (Å²) in [4.78, 5) is 12.2. The van der Waals surface area contributed by atoms with E-state index >= 15 is 0 Å². The van der Waals surface area contributed by atoms with Crippen LogP contribution in [0.1, 0.15) is 34.6 Å². The van der Waals surface area contributed by atoms with Gasteiger partial charge in [0.05, 0.1) is 4.90 Å². The van der Waals surface area contributed by atoms with Gasteiger partial charge in [0, 0.05) is 11.7 Å². The van der Waals surface area contributed by atoms with Gasteiger partial charge in [-0.15, -0.1) is 0 Å². The first-order valence-electron chi connectivity index (χ1n) is 6.58. The second-order valence-corrected chi connectivity index (χ2v) is 7.76. The van der Waals surface area contributed by atoms with E-state index in [1.165, 1.54) is 24.3 Å². The Bertz CT molecular complexity index is 601. The van der Waals surface area contributed by atoms with Crippen molar-refractivity contribution < 1.29 is 17.9 Å². The molecule has 1 rings (SSSR count). The Morgan fingerprint density at radius 2 is 1.67 bits per heavy atom. The highest BCUT2D eigenvalue weighted by Gasteiger charge is 2.35. The van der Waals surface area contributed by atoms with E-state index in [9.17, 15) is 13.2 Å². The highest BCUT2D eigenvalue weighted by Crippen LogP contribution is 2.22. The number of nitrogens with zero attached hydrogens (tertiary/aromatic N) is 1. The zero-order chi connectivity index (χ0) is 16.4. The van der Waals surface area contributed by atoms with Gasteiger partial charge in [0.15, 0.2) is 0 Å². The van der Waals surface area contributed by atoms with E-state index in [0.29, 0.717) is 5.69 Å². The second kappa shape index (κ2) is 5.93. The molecule has 1 amide bonds. The lowest BCUT2D eigenvalue weighted by atomic mass is 10.2. The van der Waals surface area contributed by atoms with Gasteiger partial charge in [0.1, 0.15) is 5.60 Å². The van der Waals surface area contributed by atoms with Crippen molar-refractivity contribution in [3.63, 3.8) is 0 Å². The number of carbonyl (C=O) groups is 1. The summed E-state index contributed by atoms with van der Waals surface area (Å²) in [5, 5.41) is 0. The minimum Gasteiger partial charge on any atom is -0.443 e. The molecular weight excluding hydrogens is 292 g/mol. The summed E-state index contributed by atoms with van der Waals surface area (Å²) >= 11 is 0. The lowest BCUT2D eigenvalue weighted by Crippen LogP contribution is -2.44. The third-order valence-electron chi connectivity index (χ3n) is 2.48. The number of amides is 1. The molecular formula is C14H22N2O4S. The molecule has 21 heavy (non-hydrogen) atoms. The molecule has 0 saturated carbocycles. The number of hydrogen-bond acceptors (Lipinski definition) is 5. The number of nitrogens with two attached hydrogens (primary N) is 1. The van der Waals surface area contributed by atoms with Crippen LogP contribution in [-0.4, -0.2) is 30.5 Å². The fourth-order valence-electron chi connectivity index (χ4n) is 1.65. The molecule has 0 radical (unpaired) electrons. The van der Waals surface area contributed by atoms with Crippen LogP contribution in [0.15, 0.2) is 29.2 Å². The summed E-state index contributed by atoms with van der Waals surface area (Å²) in [6.45, 7) is 8.26. The Labute approximate surface area is 125 Å². The molecule has 0 aromatic heterocycles. The van der Waals surface area contributed by atoms with Crippen LogP contribution in [0.4, 0.5) is 10.5 Å². The molecule has 0 unspecified atom stereocenters. The minimum atomic E-state index is -3.99. The number of ether oxygens (including phenoxy) is 1. The molecule has 0 bridgehead atoms. The van der Waals surface area contributed by atoms with Gasteiger partial charge in [0.25, 0.3) is 10.0 Å². The number of nitrogen functional groups attached to an aromatic ring is 1. The Morgan fingerprint density at radius 3 is 2.05 bits per heavy atom. The van der Waals surface area contributed by atoms with Crippen molar-refractivity contribution >= 4 is 21.8 Å². The van der Waals surface area contributed by atoms with Gasteiger partial charge in [-0.2, -0.15) is 4.31 Å². The average molecular weight is 314 g/mol. The maximum Gasteiger partial charge on any atom is 0.424 e. The van der Waals surface area contributed by atoms with Crippen molar-refractivity contribution in [1.82, 2.24) is 4.31 Å². The SMILES string of the molecule is CC(C)N(C(=O)OC(C)(C)C)S(=O)(=O)c1ccc(N)cc1. The van der Waals surface area contributed by atoms with Crippen LogP contribution in [0.25, 0.3) is 0 Å². The molecule has 0 saturated heterocycles. The fraction of sp³-hybridized carbons (Fsp3) is 0.500. The van der Waals surface area contributed by atoms with Crippen molar-refractivity contribution in [3.05, 3.63) is 24.3 Å². The molecule has 6 nitrogen and oxygen atoms in total. The van der Waals surface area contributed by atoms with Gasteiger partial charge in [-0.05, 0) is 58.9 Å². The van der Waals surface area contributed by atoms with Crippen LogP contribution in [-0.2, 0) is 14.8 Å². The molecule has 0 heterocycles. The zero-order valence-electron chi connectivity index (χ0n) is 13.0. The number of anilines is 1. The maximum absolute atomic E-state index is 12.6. The highest BCUT2D eigenvalue weighted by molar-refractivity contribution is 7.89. The number of sulfonamides is 1. The van der Waals surface area contributed by atoms with Gasteiger partial charge in [-0.25, -0.2) is 13.2 Å². The molecule has 7 heteroatoms. The molecule has 1 aromatic rings. The van der Waals surface area contributed by atoms with Crippen molar-refractivity contribution in [2.75, 3.05) is 5.73 Å². The molecule has 118 valence electrons. The normalized spacial score (nSPS) is 12.3. The van der Waals surface area contributed by atoms with E-state index in [4.69, 9.17) is 10.5 Å². The number of benzene rings is 1. The van der Waals surface area contributed by atoms with Crippen LogP contribution in [0.3, 0.4) is 0 Å². The fourth-order valence-corrected chi connectivity index (χ4v) is 3.14. The van der Waals surface area contributed by atoms with E-state index in [-0.39, 0.29) is 4.90 Å². The summed E-state index contributed by atoms with van der Waals surface area (Å²) in [6, 6.07) is 5.11. The van der Waals surface area contributed by atoms with E-state index in [0.717, 1.165) is 4.31 Å². The first-order valence-corrected chi connectivity index (χ1v) is 8.02. The molecule has 2 N–H and O–H groups in total. The zero-order valence-corrected chi connectivity index (χ0v) is 13.8. The van der Waals surface area contributed by atoms with Crippen LogP contribution in [0, 0.1) is 0 Å². The molecule has 0 aliphatic heterocycles. The van der Waals surface area contributed by atoms with Gasteiger partial charge < -0.3 is 10.5 Å². The van der Waals surface area contributed by atoms with E-state index in [1.807, 2.05) is 0 Å². The Hall–Kier alpha value is -1.76. The van der Waals surface area contributed by atoms with Gasteiger partial charge >= 0.3 is 6.09 Å². The third kappa shape index (κ3) is 4.35. The van der Waals surface area contributed by atoms with Crippen LogP contribution < -0.4 is 5.73 Å². The van der Waals surface area contributed by atoms with Crippen molar-refractivity contribution in [2.24, 2.45) is 0 Å². The minimum absolute atomic E-state index is 0.00346. The quantitative estimate of drug-likeness (QED) is 0.866. The average Bonchev–Trinajstić information content (AvgIpc) is 2.25. The predicted octanol–water partition coefficient (Wildman–Crippen LogP) is 2.60. The summed E-state index contributed by atoms with van der Waals surface area (Å²) < 4.78 is 31.1. The summed E-state index contributed by atoms with van der Waals surface area (Å²) in [7, 11) is -3.99. The van der Waals surface area contributed by atoms with E-state index in [1.54, 1.807) is 34.6 Å². The highest BCUT2D eigenvalue weighted by atomic mass is 32.2. The van der Waals surface area contributed by atoms with Crippen LogP contribution >= 0.6 is 0 Å². The smallest absolute Gasteiger partial charge is 0.424 e. The van der Waals surface area contributed by atoms with Crippen molar-refractivity contribution in [2.45, 2.75) is 51.2 Å². The summed E-state index contributed by atoms with van der Waals surface area (Å²) in [6.07, 6.45) is -0.894. The molecule has 0 spiro atoms. The molecule has 0 fully saturated rings. The standard InChI is InChI=1S/C14H22N2O4S/c1-10(2)16(13(17)20-14(3,4)5)21(18,19)12-8-6-11(15)7-9-12/h6-10H,15H2,1-5H3. The topological polar surface area (TPSA) is 89.7 Å². The van der Waals surface area contributed by atoms with Crippen LogP contribution in [0.2, 0.25) is 0 Å². The predicted molar refractivity (Wildman–Crippen MR) is 81.2 cm³/mol. The molecule has 0 atom stereocenters. The van der Waals surface area contributed by atoms with Crippen molar-refractivity contribution in [1.29, 1.82) is 0 Å². The molecule has 0 aliphatic carbocycles. The molecule has 1 aromatic carbocycles. The second-order valence-electron chi connectivity index (χ2n) is 5.94. The first-order chi connectivity index (χ1) is 9.45. The Balaban J connectivity index is 3.21. The molecule has 0 aliphatic rings. The van der Waals surface area contributed by atoms with Crippen molar-refractivity contribution in [3.8, 4) is 0 Å². The largest absolute Gasteiger partial charge is 0.443 e. The number of rotatable bonds is 3. The van der Waals surface area contributed by atoms with Gasteiger partial charge in [-0.3, -0.25) is 0 Å². The Kier molecular flexibility index (Phi) is 4.88. The third-order valence-corrected chi connectivity index (χ3v) is 4.44. The number of hydrogen-bond donors (Lipinski definition) is 1. The lowest BCUT2D eigenvalue weighted by Gasteiger charge is -2.29. The summed E-state index contributed by atoms with van der Waals surface area (Å²) in [5.74, 6) is 0. The van der Waals surface area contributed by atoms with E-state index < -0.39 is 27.8 Å². The lowest BCUT2D eigenvalue weighted by molar-refractivity contribution is 0.0357. The van der Waals surface area contributed by atoms with Gasteiger partial charge in [0.2, 0.25) is 0 Å². The first kappa shape index (κ1) is 17.3. The Morgan fingerprint density at radius 1 is 1.19 bits per heavy atom. The van der Waals surface area contributed by atoms with Crippen LogP contribution in [0.5, 0.6) is 0 Å². The monoisotopic (exact) mass is 314 g/mol. The number of carbonyl (C=O) groups excluding carboxylic acids is 1. The maximum atomic E-state index is 12.6. The van der Waals surface area contributed by atoms with E-state index in [2.05, 4.69) is 0 Å². The summed E-state index contributed by atoms with van der Waals surface area (Å²) in [5.41, 5.74) is 5.22. The van der Waals surface area contributed by atoms with Gasteiger partial charge in [-0.1, -0.05) is 0 Å².